The zero-order valence-electron chi connectivity index (χ0n) is 55.1. The first kappa shape index (κ1) is 54.7. The number of aromatic nitrogens is 1. The molecule has 2 saturated carbocycles. The lowest BCUT2D eigenvalue weighted by atomic mass is 9.33. The molecule has 1 saturated heterocycles. The summed E-state index contributed by atoms with van der Waals surface area (Å²) in [5.74, 6) is 3.10. The summed E-state index contributed by atoms with van der Waals surface area (Å²) in [4.78, 5) is 8.78. The zero-order chi connectivity index (χ0) is 60.2. The summed E-state index contributed by atoms with van der Waals surface area (Å²) in [6.45, 7) is 37.7. The van der Waals surface area contributed by atoms with E-state index in [-0.39, 0.29) is 56.2 Å². The lowest BCUT2D eigenvalue weighted by Gasteiger charge is -2.51. The fourth-order valence-corrected chi connectivity index (χ4v) is 21.0. The molecule has 8 unspecified atom stereocenters. The highest BCUT2D eigenvalue weighted by Crippen LogP contribution is 2.66. The summed E-state index contributed by atoms with van der Waals surface area (Å²) in [6, 6.07) is 33.9. The van der Waals surface area contributed by atoms with Crippen LogP contribution in [-0.2, 0) is 21.7 Å². The van der Waals surface area contributed by atoms with E-state index in [9.17, 15) is 0 Å². The number of anilines is 6. The van der Waals surface area contributed by atoms with Crippen molar-refractivity contribution < 1.29 is 4.74 Å². The second-order valence-electron chi connectivity index (χ2n) is 33.8. The second-order valence-corrected chi connectivity index (χ2v) is 33.8. The van der Waals surface area contributed by atoms with E-state index in [2.05, 4.69) is 245 Å². The molecule has 17 rings (SSSR count). The molecule has 0 N–H and O–H groups in total. The predicted molar refractivity (Wildman–Crippen MR) is 368 cm³/mol. The molecule has 3 fully saturated rings. The van der Waals surface area contributed by atoms with Gasteiger partial charge in [0.2, 0.25) is 0 Å². The van der Waals surface area contributed by atoms with Crippen LogP contribution in [0.25, 0.3) is 22.2 Å². The van der Waals surface area contributed by atoms with Crippen LogP contribution in [0.2, 0.25) is 0 Å². The fourth-order valence-electron chi connectivity index (χ4n) is 21.0. The Morgan fingerprint density at radius 3 is 2.13 bits per heavy atom. The average Bonchev–Trinajstić information content (AvgIpc) is 1.58. The Morgan fingerprint density at radius 1 is 0.621 bits per heavy atom. The fraction of sp³-hybridized carbons (Fsp3) is 0.481. The minimum Gasteiger partial charge on any atom is -0.461 e. The third-order valence-electron chi connectivity index (χ3n) is 26.1. The van der Waals surface area contributed by atoms with Crippen LogP contribution in [0.4, 0.5) is 34.1 Å². The molecule has 87 heavy (non-hydrogen) atoms. The van der Waals surface area contributed by atoms with Gasteiger partial charge < -0.3 is 24.0 Å². The third-order valence-corrected chi connectivity index (χ3v) is 26.1. The Kier molecular flexibility index (Phi) is 11.0. The Hall–Kier alpha value is -6.40. The van der Waals surface area contributed by atoms with Crippen molar-refractivity contribution >= 4 is 73.7 Å². The Morgan fingerprint density at radius 2 is 1.34 bits per heavy atom. The second kappa shape index (κ2) is 17.5. The van der Waals surface area contributed by atoms with E-state index >= 15 is 0 Å². The molecule has 11 aliphatic rings. The van der Waals surface area contributed by atoms with Crippen LogP contribution >= 0.6 is 0 Å². The van der Waals surface area contributed by atoms with Gasteiger partial charge in [-0.1, -0.05) is 188 Å². The van der Waals surface area contributed by atoms with Crippen LogP contribution in [0.5, 0.6) is 5.75 Å². The highest BCUT2D eigenvalue weighted by Gasteiger charge is 2.65. The van der Waals surface area contributed by atoms with Gasteiger partial charge in [-0.25, -0.2) is 0 Å². The molecular weight excluding hydrogens is 1060 g/mol. The van der Waals surface area contributed by atoms with E-state index in [0.29, 0.717) is 17.9 Å². The number of hydrogen-bond donors (Lipinski definition) is 0. The summed E-state index contributed by atoms with van der Waals surface area (Å²) in [5, 5.41) is 1.45. The van der Waals surface area contributed by atoms with Crippen molar-refractivity contribution in [3.05, 3.63) is 166 Å². The number of benzene rings is 5. The molecule has 5 nitrogen and oxygen atoms in total. The van der Waals surface area contributed by atoms with Crippen LogP contribution in [-0.4, -0.2) is 28.4 Å². The number of rotatable bonds is 3. The first-order valence-corrected chi connectivity index (χ1v) is 34.1. The summed E-state index contributed by atoms with van der Waals surface area (Å²) in [5.41, 5.74) is 26.9. The zero-order valence-corrected chi connectivity index (χ0v) is 55.1. The molecule has 6 aliphatic carbocycles. The third kappa shape index (κ3) is 6.95. The van der Waals surface area contributed by atoms with Crippen molar-refractivity contribution in [2.24, 2.45) is 22.7 Å². The highest BCUT2D eigenvalue weighted by molar-refractivity contribution is 7.00. The molecule has 6 aromatic rings. The molecule has 0 radical (unpaired) electrons. The first-order chi connectivity index (χ1) is 41.3. The maximum atomic E-state index is 7.02. The summed E-state index contributed by atoms with van der Waals surface area (Å²) >= 11 is 0. The van der Waals surface area contributed by atoms with Gasteiger partial charge in [0.15, 0.2) is 0 Å². The van der Waals surface area contributed by atoms with E-state index in [1.54, 1.807) is 5.57 Å². The van der Waals surface area contributed by atoms with Gasteiger partial charge in [-0.2, -0.15) is 0 Å². The summed E-state index contributed by atoms with van der Waals surface area (Å²) in [7, 11) is 0. The molecule has 6 heterocycles. The van der Waals surface area contributed by atoms with Gasteiger partial charge in [-0.3, -0.25) is 0 Å². The van der Waals surface area contributed by atoms with E-state index in [1.807, 2.05) is 0 Å². The van der Waals surface area contributed by atoms with Crippen molar-refractivity contribution in [3.8, 4) is 11.4 Å². The Balaban J connectivity index is 1.00. The van der Waals surface area contributed by atoms with Crippen LogP contribution in [0, 0.1) is 22.7 Å². The standard InChI is InChI=1S/C81H93BN4O/c1-74(2,3)48-31-35-61-57(42-48)78(12)37-20-22-39-80(78,14)85(61)51-33-34-59-64(45-51)83(63-28-24-30-68-69(63)54-26-17-19-29-67(54)87-68)65-46-52(86-62-36-32-49(75(4,5)6)43-58(62)79(13)38-21-23-40-81(79,86)15)47-66-71(65)82(59)60-44-50(76(7,8)9)41-55-70-73(84(66)72(55)60)53-25-16-18-27-56(53)77(70,10)11/h16-19,24-25,28-30,32-34,36,41-47,54,56-57,61H,20-23,26-27,31,35,37-40H2,1-15H3. The van der Waals surface area contributed by atoms with Crippen molar-refractivity contribution in [2.45, 2.75) is 226 Å². The van der Waals surface area contributed by atoms with Gasteiger partial charge in [-0.15, -0.1) is 0 Å². The van der Waals surface area contributed by atoms with Crippen LogP contribution in [0.3, 0.4) is 0 Å². The Bertz CT molecular complexity index is 4210. The SMILES string of the molecule is CC(C)(C)C1=CC2C(CC1)N(c1ccc3c(c1)N(c1cccc4c1C1CC=CC=C1O4)c1cc(N4c5ccc(C(C)(C)C)cc5C5(C)CCCCC45C)cc4c1B3c1cc(C(C)(C)C)cc3c5c(n-4c13)C1=CC=CCC1C5(C)C)C1(C)CCCCC21C. The maximum absolute atomic E-state index is 7.02. The lowest BCUT2D eigenvalue weighted by molar-refractivity contribution is 0.0952. The van der Waals surface area contributed by atoms with Gasteiger partial charge in [0.05, 0.1) is 22.8 Å². The van der Waals surface area contributed by atoms with Crippen molar-refractivity contribution in [2.75, 3.05) is 14.7 Å². The molecule has 0 amide bonds. The summed E-state index contributed by atoms with van der Waals surface area (Å²) < 4.78 is 9.88. The lowest BCUT2D eigenvalue weighted by Crippen LogP contribution is -2.61. The van der Waals surface area contributed by atoms with Crippen molar-refractivity contribution in [3.63, 3.8) is 0 Å². The number of nitrogens with zero attached hydrogens (tertiary/aromatic N) is 4. The molecule has 0 bridgehead atoms. The summed E-state index contributed by atoms with van der Waals surface area (Å²) in [6.07, 6.45) is 31.1. The number of fused-ring (bicyclic) bond motifs is 18. The Labute approximate surface area is 520 Å². The quantitative estimate of drug-likeness (QED) is 0.130. The topological polar surface area (TPSA) is 23.9 Å². The van der Waals surface area contributed by atoms with Gasteiger partial charge >= 0.3 is 0 Å². The van der Waals surface area contributed by atoms with Crippen LogP contribution in [0.15, 0.2) is 133 Å². The molecule has 446 valence electrons. The van der Waals surface area contributed by atoms with Gasteiger partial charge in [0, 0.05) is 73.5 Å². The van der Waals surface area contributed by atoms with E-state index in [4.69, 9.17) is 4.74 Å². The van der Waals surface area contributed by atoms with Crippen LogP contribution < -0.4 is 35.8 Å². The van der Waals surface area contributed by atoms with Gasteiger partial charge in [0.25, 0.3) is 6.71 Å². The van der Waals surface area contributed by atoms with Crippen molar-refractivity contribution in [1.29, 1.82) is 0 Å². The minimum atomic E-state index is -0.160. The smallest absolute Gasteiger partial charge is 0.252 e. The van der Waals surface area contributed by atoms with Crippen molar-refractivity contribution in [1.82, 2.24) is 4.57 Å². The maximum Gasteiger partial charge on any atom is 0.252 e. The molecule has 0 spiro atoms. The molecule has 8 atom stereocenters. The van der Waals surface area contributed by atoms with E-state index in [0.717, 1.165) is 37.2 Å². The number of hydrogen-bond acceptors (Lipinski definition) is 4. The van der Waals surface area contributed by atoms with E-state index < -0.39 is 0 Å². The van der Waals surface area contributed by atoms with Crippen LogP contribution in [0.1, 0.15) is 220 Å². The largest absolute Gasteiger partial charge is 0.461 e. The predicted octanol–water partition coefficient (Wildman–Crippen LogP) is 19.1. The molecule has 1 aromatic heterocycles. The first-order valence-electron chi connectivity index (χ1n) is 34.1. The minimum absolute atomic E-state index is 0.00244. The number of allylic oxidation sites excluding steroid dienone is 9. The van der Waals surface area contributed by atoms with Gasteiger partial charge in [-0.05, 0) is 197 Å². The van der Waals surface area contributed by atoms with E-state index in [1.165, 1.54) is 158 Å². The molecule has 5 aliphatic heterocycles. The molecule has 6 heteroatoms. The average molecular weight is 1150 g/mol. The highest BCUT2D eigenvalue weighted by atomic mass is 16.5. The monoisotopic (exact) mass is 1150 g/mol. The normalized spacial score (nSPS) is 30.1. The van der Waals surface area contributed by atoms with Gasteiger partial charge in [0.1, 0.15) is 11.5 Å². The number of ether oxygens (including phenoxy) is 1. The molecule has 5 aromatic carbocycles. The molecular formula is C81H93BN4O.